The molecule has 1 amide bonds. The molecule has 3 heteroatoms. The quantitative estimate of drug-likeness (QED) is 0.830. The van der Waals surface area contributed by atoms with Crippen molar-refractivity contribution in [2.75, 3.05) is 18.8 Å². The Kier molecular flexibility index (Phi) is 3.60. The number of benzene rings is 1. The maximum Gasteiger partial charge on any atom is 0.254 e. The van der Waals surface area contributed by atoms with Gasteiger partial charge in [0.1, 0.15) is 0 Å². The zero-order chi connectivity index (χ0) is 13.3. The number of aryl methyl sites for hydroxylation is 2. The van der Waals surface area contributed by atoms with Crippen molar-refractivity contribution in [3.8, 4) is 0 Å². The molecule has 1 aliphatic carbocycles. The van der Waals surface area contributed by atoms with E-state index in [9.17, 15) is 4.79 Å². The van der Waals surface area contributed by atoms with Gasteiger partial charge in [-0.25, -0.2) is 0 Å². The maximum atomic E-state index is 12.5. The standard InChI is InChI=1S/C15H22N2O/c1-4-17(9-12-5-6-12)15(18)13-8-14(16)11(3)7-10(13)2/h7-8,12H,4-6,9,16H2,1-3H3. The monoisotopic (exact) mass is 246 g/mol. The molecule has 0 radical (unpaired) electrons. The number of nitrogens with two attached hydrogens (primary N) is 1. The molecule has 1 aromatic rings. The molecule has 0 saturated heterocycles. The van der Waals surface area contributed by atoms with E-state index in [1.807, 2.05) is 37.8 Å². The van der Waals surface area contributed by atoms with Gasteiger partial charge >= 0.3 is 0 Å². The Morgan fingerprint density at radius 2 is 2.00 bits per heavy atom. The predicted molar refractivity (Wildman–Crippen MR) is 74.6 cm³/mol. The van der Waals surface area contributed by atoms with E-state index in [1.165, 1.54) is 12.8 Å². The van der Waals surface area contributed by atoms with Crippen LogP contribution in [0, 0.1) is 19.8 Å². The van der Waals surface area contributed by atoms with E-state index in [2.05, 4.69) is 0 Å². The van der Waals surface area contributed by atoms with Crippen molar-refractivity contribution in [1.82, 2.24) is 4.90 Å². The molecule has 0 bridgehead atoms. The highest BCUT2D eigenvalue weighted by molar-refractivity contribution is 5.96. The molecular formula is C15H22N2O. The molecule has 0 aliphatic heterocycles. The first-order valence-corrected chi connectivity index (χ1v) is 6.69. The summed E-state index contributed by atoms with van der Waals surface area (Å²) < 4.78 is 0. The van der Waals surface area contributed by atoms with Gasteiger partial charge in [-0.15, -0.1) is 0 Å². The zero-order valence-electron chi connectivity index (χ0n) is 11.5. The number of hydrogen-bond acceptors (Lipinski definition) is 2. The van der Waals surface area contributed by atoms with E-state index >= 15 is 0 Å². The molecule has 0 heterocycles. The third kappa shape index (κ3) is 2.66. The summed E-state index contributed by atoms with van der Waals surface area (Å²) in [6.45, 7) is 7.64. The number of nitrogen functional groups attached to an aromatic ring is 1. The Balaban J connectivity index is 2.23. The van der Waals surface area contributed by atoms with Crippen molar-refractivity contribution in [3.05, 3.63) is 28.8 Å². The van der Waals surface area contributed by atoms with Gasteiger partial charge in [-0.1, -0.05) is 6.07 Å². The summed E-state index contributed by atoms with van der Waals surface area (Å²) >= 11 is 0. The first-order valence-electron chi connectivity index (χ1n) is 6.69. The molecule has 2 rings (SSSR count). The predicted octanol–water partition coefficient (Wildman–Crippen LogP) is 2.76. The fraction of sp³-hybridized carbons (Fsp3) is 0.533. The highest BCUT2D eigenvalue weighted by Crippen LogP contribution is 2.30. The summed E-state index contributed by atoms with van der Waals surface area (Å²) in [6, 6.07) is 3.82. The first-order chi connectivity index (χ1) is 8.52. The molecule has 0 unspecified atom stereocenters. The lowest BCUT2D eigenvalue weighted by atomic mass is 10.0. The fourth-order valence-corrected chi connectivity index (χ4v) is 2.24. The summed E-state index contributed by atoms with van der Waals surface area (Å²) in [5.74, 6) is 0.839. The molecule has 98 valence electrons. The third-order valence-corrected chi connectivity index (χ3v) is 3.69. The van der Waals surface area contributed by atoms with Gasteiger partial charge < -0.3 is 10.6 Å². The highest BCUT2D eigenvalue weighted by atomic mass is 16.2. The summed E-state index contributed by atoms with van der Waals surface area (Å²) in [6.07, 6.45) is 2.53. The van der Waals surface area contributed by atoms with E-state index in [0.717, 1.165) is 35.7 Å². The van der Waals surface area contributed by atoms with Crippen molar-refractivity contribution >= 4 is 11.6 Å². The van der Waals surface area contributed by atoms with Gasteiger partial charge in [0.15, 0.2) is 0 Å². The minimum absolute atomic E-state index is 0.119. The molecular weight excluding hydrogens is 224 g/mol. The lowest BCUT2D eigenvalue weighted by Gasteiger charge is -2.22. The van der Waals surface area contributed by atoms with Crippen molar-refractivity contribution in [2.45, 2.75) is 33.6 Å². The van der Waals surface area contributed by atoms with Gasteiger partial charge in [0.25, 0.3) is 5.91 Å². The van der Waals surface area contributed by atoms with E-state index in [-0.39, 0.29) is 5.91 Å². The summed E-state index contributed by atoms with van der Waals surface area (Å²) in [4.78, 5) is 14.4. The SMILES string of the molecule is CCN(CC1CC1)C(=O)c1cc(N)c(C)cc1C. The topological polar surface area (TPSA) is 46.3 Å². The van der Waals surface area contributed by atoms with Crippen molar-refractivity contribution < 1.29 is 4.79 Å². The van der Waals surface area contributed by atoms with Crippen molar-refractivity contribution in [2.24, 2.45) is 5.92 Å². The van der Waals surface area contributed by atoms with Crippen LogP contribution >= 0.6 is 0 Å². The second kappa shape index (κ2) is 5.01. The number of carbonyl (C=O) groups excluding carboxylic acids is 1. The van der Waals surface area contributed by atoms with Gasteiger partial charge in [0, 0.05) is 24.3 Å². The molecule has 2 N–H and O–H groups in total. The van der Waals surface area contributed by atoms with E-state index < -0.39 is 0 Å². The second-order valence-corrected chi connectivity index (χ2v) is 5.31. The van der Waals surface area contributed by atoms with Crippen LogP contribution in [0.3, 0.4) is 0 Å². The Morgan fingerprint density at radius 3 is 2.56 bits per heavy atom. The van der Waals surface area contributed by atoms with Crippen molar-refractivity contribution in [1.29, 1.82) is 0 Å². The van der Waals surface area contributed by atoms with Crippen LogP contribution in [0.5, 0.6) is 0 Å². The van der Waals surface area contributed by atoms with Gasteiger partial charge in [0.2, 0.25) is 0 Å². The number of carbonyl (C=O) groups is 1. The lowest BCUT2D eigenvalue weighted by Crippen LogP contribution is -2.33. The fourth-order valence-electron chi connectivity index (χ4n) is 2.24. The number of anilines is 1. The van der Waals surface area contributed by atoms with Crippen LogP contribution in [0.2, 0.25) is 0 Å². The summed E-state index contributed by atoms with van der Waals surface area (Å²) in [5.41, 5.74) is 9.41. The number of hydrogen-bond donors (Lipinski definition) is 1. The minimum atomic E-state index is 0.119. The molecule has 1 aromatic carbocycles. The molecule has 1 aliphatic rings. The molecule has 1 fully saturated rings. The molecule has 0 spiro atoms. The second-order valence-electron chi connectivity index (χ2n) is 5.31. The average Bonchev–Trinajstić information content (AvgIpc) is 3.14. The van der Waals surface area contributed by atoms with Crippen LogP contribution in [0.1, 0.15) is 41.3 Å². The Bertz CT molecular complexity index is 464. The summed E-state index contributed by atoms with van der Waals surface area (Å²) in [5, 5.41) is 0. The maximum absolute atomic E-state index is 12.5. The van der Waals surface area contributed by atoms with Gasteiger partial charge in [-0.2, -0.15) is 0 Å². The lowest BCUT2D eigenvalue weighted by molar-refractivity contribution is 0.0756. The van der Waals surface area contributed by atoms with Gasteiger partial charge in [0.05, 0.1) is 0 Å². The normalized spacial score (nSPS) is 14.6. The Labute approximate surface area is 109 Å². The highest BCUT2D eigenvalue weighted by Gasteiger charge is 2.27. The van der Waals surface area contributed by atoms with E-state index in [4.69, 9.17) is 5.73 Å². The minimum Gasteiger partial charge on any atom is -0.398 e. The number of nitrogens with zero attached hydrogens (tertiary/aromatic N) is 1. The van der Waals surface area contributed by atoms with Crippen LogP contribution in [0.4, 0.5) is 5.69 Å². The van der Waals surface area contributed by atoms with E-state index in [0.29, 0.717) is 5.69 Å². The van der Waals surface area contributed by atoms with Crippen LogP contribution < -0.4 is 5.73 Å². The summed E-state index contributed by atoms with van der Waals surface area (Å²) in [7, 11) is 0. The van der Waals surface area contributed by atoms with Crippen LogP contribution in [-0.2, 0) is 0 Å². The zero-order valence-corrected chi connectivity index (χ0v) is 11.5. The molecule has 1 saturated carbocycles. The molecule has 0 aromatic heterocycles. The number of rotatable bonds is 4. The van der Waals surface area contributed by atoms with Crippen LogP contribution in [0.25, 0.3) is 0 Å². The average molecular weight is 246 g/mol. The van der Waals surface area contributed by atoms with Crippen LogP contribution in [0.15, 0.2) is 12.1 Å². The molecule has 0 atom stereocenters. The van der Waals surface area contributed by atoms with Crippen molar-refractivity contribution in [3.63, 3.8) is 0 Å². The third-order valence-electron chi connectivity index (χ3n) is 3.69. The smallest absolute Gasteiger partial charge is 0.254 e. The van der Waals surface area contributed by atoms with Gasteiger partial charge in [-0.3, -0.25) is 4.79 Å². The number of amides is 1. The largest absolute Gasteiger partial charge is 0.398 e. The molecule has 3 nitrogen and oxygen atoms in total. The van der Waals surface area contributed by atoms with E-state index in [1.54, 1.807) is 0 Å². The Morgan fingerprint density at radius 1 is 1.33 bits per heavy atom. The Hall–Kier alpha value is -1.51. The first kappa shape index (κ1) is 12.9. The molecule has 18 heavy (non-hydrogen) atoms. The van der Waals surface area contributed by atoms with Gasteiger partial charge in [-0.05, 0) is 56.7 Å². The van der Waals surface area contributed by atoms with Crippen LogP contribution in [-0.4, -0.2) is 23.9 Å².